The Hall–Kier alpha value is -0.610. The van der Waals surface area contributed by atoms with Crippen molar-refractivity contribution in [2.75, 3.05) is 7.11 Å². The molecule has 4 nitrogen and oxygen atoms in total. The molecule has 1 rings (SSSR count). The molecule has 0 amide bonds. The number of carbonyl (C=O) groups is 1. The van der Waals surface area contributed by atoms with Gasteiger partial charge < -0.3 is 14.9 Å². The van der Waals surface area contributed by atoms with Gasteiger partial charge in [0, 0.05) is 5.92 Å². The van der Waals surface area contributed by atoms with Gasteiger partial charge in [-0.3, -0.25) is 4.79 Å². The van der Waals surface area contributed by atoms with Crippen molar-refractivity contribution in [1.29, 1.82) is 0 Å². The molecule has 0 spiro atoms. The van der Waals surface area contributed by atoms with Crippen molar-refractivity contribution >= 4 is 5.97 Å². The van der Waals surface area contributed by atoms with Gasteiger partial charge in [-0.25, -0.2) is 0 Å². The van der Waals surface area contributed by atoms with Gasteiger partial charge in [0.2, 0.25) is 0 Å². The first-order valence-electron chi connectivity index (χ1n) is 4.59. The standard InChI is InChI=1S/C9H16O4/c1-13-9(12)7-4-2-6(3-5-7)8(10)11/h6-8,10-11H,2-5H2,1H3. The first-order chi connectivity index (χ1) is 6.15. The van der Waals surface area contributed by atoms with Crippen LogP contribution >= 0.6 is 0 Å². The van der Waals surface area contributed by atoms with E-state index in [2.05, 4.69) is 4.74 Å². The van der Waals surface area contributed by atoms with Gasteiger partial charge in [0.25, 0.3) is 0 Å². The third kappa shape index (κ3) is 2.67. The van der Waals surface area contributed by atoms with E-state index in [4.69, 9.17) is 10.2 Å². The highest BCUT2D eigenvalue weighted by Crippen LogP contribution is 2.30. The molecule has 13 heavy (non-hydrogen) atoms. The second kappa shape index (κ2) is 4.58. The Bertz CT molecular complexity index is 170. The van der Waals surface area contributed by atoms with Crippen LogP contribution in [-0.2, 0) is 9.53 Å². The van der Waals surface area contributed by atoms with Crippen molar-refractivity contribution in [2.24, 2.45) is 11.8 Å². The first-order valence-corrected chi connectivity index (χ1v) is 4.59. The van der Waals surface area contributed by atoms with E-state index < -0.39 is 6.29 Å². The van der Waals surface area contributed by atoms with Crippen LogP contribution in [0.15, 0.2) is 0 Å². The summed E-state index contributed by atoms with van der Waals surface area (Å²) >= 11 is 0. The number of hydrogen-bond donors (Lipinski definition) is 2. The average molecular weight is 188 g/mol. The molecule has 0 aromatic rings. The van der Waals surface area contributed by atoms with Crippen LogP contribution < -0.4 is 0 Å². The molecule has 0 saturated heterocycles. The summed E-state index contributed by atoms with van der Waals surface area (Å²) < 4.78 is 4.62. The zero-order valence-electron chi connectivity index (χ0n) is 7.77. The number of aliphatic hydroxyl groups excluding tert-OH is 1. The lowest BCUT2D eigenvalue weighted by Gasteiger charge is -2.27. The molecule has 0 aromatic heterocycles. The minimum absolute atomic E-state index is 0.0417. The van der Waals surface area contributed by atoms with Crippen LogP contribution in [0.4, 0.5) is 0 Å². The third-order valence-corrected chi connectivity index (χ3v) is 2.73. The van der Waals surface area contributed by atoms with E-state index >= 15 is 0 Å². The van der Waals surface area contributed by atoms with Gasteiger partial charge in [-0.05, 0) is 25.7 Å². The molecule has 0 radical (unpaired) electrons. The predicted molar refractivity (Wildman–Crippen MR) is 45.7 cm³/mol. The summed E-state index contributed by atoms with van der Waals surface area (Å²) in [7, 11) is 1.38. The molecule has 0 aromatic carbocycles. The van der Waals surface area contributed by atoms with Crippen LogP contribution in [0.1, 0.15) is 25.7 Å². The second-order valence-electron chi connectivity index (χ2n) is 3.55. The number of esters is 1. The molecule has 1 fully saturated rings. The van der Waals surface area contributed by atoms with Crippen molar-refractivity contribution in [3.63, 3.8) is 0 Å². The maximum Gasteiger partial charge on any atom is 0.308 e. The fraction of sp³-hybridized carbons (Fsp3) is 0.889. The van der Waals surface area contributed by atoms with Gasteiger partial charge in [0.1, 0.15) is 0 Å². The summed E-state index contributed by atoms with van der Waals surface area (Å²) in [6, 6.07) is 0. The molecule has 4 heteroatoms. The Morgan fingerprint density at radius 3 is 2.23 bits per heavy atom. The smallest absolute Gasteiger partial charge is 0.308 e. The summed E-state index contributed by atoms with van der Waals surface area (Å²) in [6.45, 7) is 0. The quantitative estimate of drug-likeness (QED) is 0.482. The van der Waals surface area contributed by atoms with Crippen LogP contribution in [0.2, 0.25) is 0 Å². The maximum atomic E-state index is 11.1. The highest BCUT2D eigenvalue weighted by molar-refractivity contribution is 5.72. The highest BCUT2D eigenvalue weighted by Gasteiger charge is 2.29. The van der Waals surface area contributed by atoms with Crippen molar-refractivity contribution < 1.29 is 19.7 Å². The molecule has 2 N–H and O–H groups in total. The van der Waals surface area contributed by atoms with Gasteiger partial charge in [0.15, 0.2) is 6.29 Å². The molecular formula is C9H16O4. The van der Waals surface area contributed by atoms with Crippen molar-refractivity contribution in [3.8, 4) is 0 Å². The Kier molecular flexibility index (Phi) is 3.69. The minimum atomic E-state index is -1.24. The number of ether oxygens (including phenoxy) is 1. The van der Waals surface area contributed by atoms with E-state index in [1.54, 1.807) is 0 Å². The summed E-state index contributed by atoms with van der Waals surface area (Å²) in [5.41, 5.74) is 0. The second-order valence-corrected chi connectivity index (χ2v) is 3.55. The molecule has 76 valence electrons. The molecule has 1 aliphatic rings. The lowest BCUT2D eigenvalue weighted by atomic mass is 9.82. The number of hydrogen-bond acceptors (Lipinski definition) is 4. The summed E-state index contributed by atoms with van der Waals surface area (Å²) in [6.07, 6.45) is 1.55. The fourth-order valence-corrected chi connectivity index (χ4v) is 1.82. The van der Waals surface area contributed by atoms with Gasteiger partial charge in [-0.15, -0.1) is 0 Å². The Morgan fingerprint density at radius 1 is 1.31 bits per heavy atom. The zero-order chi connectivity index (χ0) is 9.84. The van der Waals surface area contributed by atoms with E-state index in [1.807, 2.05) is 0 Å². The van der Waals surface area contributed by atoms with E-state index in [0.717, 1.165) is 0 Å². The SMILES string of the molecule is COC(=O)C1CCC(C(O)O)CC1. The molecule has 0 aliphatic heterocycles. The molecule has 1 saturated carbocycles. The Morgan fingerprint density at radius 2 is 1.85 bits per heavy atom. The predicted octanol–water partition coefficient (Wildman–Crippen LogP) is 0.276. The molecule has 1 aliphatic carbocycles. The van der Waals surface area contributed by atoms with Crippen LogP contribution in [0.3, 0.4) is 0 Å². The number of carbonyl (C=O) groups excluding carboxylic acids is 1. The normalized spacial score (nSPS) is 28.9. The van der Waals surface area contributed by atoms with Crippen molar-refractivity contribution in [2.45, 2.75) is 32.0 Å². The molecular weight excluding hydrogens is 172 g/mol. The largest absolute Gasteiger partial charge is 0.469 e. The summed E-state index contributed by atoms with van der Waals surface area (Å²) in [5.74, 6) is -0.285. The highest BCUT2D eigenvalue weighted by atomic mass is 16.5. The monoisotopic (exact) mass is 188 g/mol. The van der Waals surface area contributed by atoms with Gasteiger partial charge in [-0.1, -0.05) is 0 Å². The van der Waals surface area contributed by atoms with Crippen molar-refractivity contribution in [1.82, 2.24) is 0 Å². The zero-order valence-corrected chi connectivity index (χ0v) is 7.77. The van der Waals surface area contributed by atoms with Crippen LogP contribution in [-0.4, -0.2) is 29.6 Å². The van der Waals surface area contributed by atoms with E-state index in [-0.39, 0.29) is 17.8 Å². The first kappa shape index (κ1) is 10.5. The van der Waals surface area contributed by atoms with Crippen LogP contribution in [0.25, 0.3) is 0 Å². The van der Waals surface area contributed by atoms with Gasteiger partial charge in [0.05, 0.1) is 13.0 Å². The topological polar surface area (TPSA) is 66.8 Å². The molecule has 0 heterocycles. The number of methoxy groups -OCH3 is 1. The summed E-state index contributed by atoms with van der Waals surface area (Å²) in [5, 5.41) is 17.8. The van der Waals surface area contributed by atoms with Crippen molar-refractivity contribution in [3.05, 3.63) is 0 Å². The number of aliphatic hydroxyl groups is 2. The lowest BCUT2D eigenvalue weighted by Crippen LogP contribution is -2.28. The summed E-state index contributed by atoms with van der Waals surface area (Å²) in [4.78, 5) is 11.1. The van der Waals surface area contributed by atoms with E-state index in [1.165, 1.54) is 7.11 Å². The molecule has 0 atom stereocenters. The lowest BCUT2D eigenvalue weighted by molar-refractivity contribution is -0.149. The molecule has 0 bridgehead atoms. The van der Waals surface area contributed by atoms with Gasteiger partial charge >= 0.3 is 5.97 Å². The Balaban J connectivity index is 2.34. The van der Waals surface area contributed by atoms with Crippen LogP contribution in [0.5, 0.6) is 0 Å². The Labute approximate surface area is 77.5 Å². The van der Waals surface area contributed by atoms with Crippen LogP contribution in [0, 0.1) is 11.8 Å². The van der Waals surface area contributed by atoms with E-state index in [0.29, 0.717) is 25.7 Å². The van der Waals surface area contributed by atoms with Gasteiger partial charge in [-0.2, -0.15) is 0 Å². The number of rotatable bonds is 2. The third-order valence-electron chi connectivity index (χ3n) is 2.73. The molecule has 0 unspecified atom stereocenters. The average Bonchev–Trinajstić information content (AvgIpc) is 2.17. The fourth-order valence-electron chi connectivity index (χ4n) is 1.82. The maximum absolute atomic E-state index is 11.1. The van der Waals surface area contributed by atoms with E-state index in [9.17, 15) is 4.79 Å². The minimum Gasteiger partial charge on any atom is -0.469 e.